The fraction of sp³-hybridized carbons (Fsp3) is 0.304. The molecule has 1 saturated heterocycles. The van der Waals surface area contributed by atoms with Gasteiger partial charge in [-0.3, -0.25) is 9.48 Å². The lowest BCUT2D eigenvalue weighted by Crippen LogP contribution is -2.48. The SMILES string of the molecule is Cn1cc(CO)c(-c2ccc(C(=O)NC3CCCN(c4ccc(F)c(F)c4)C3)c(F)c2)n1. The number of piperidine rings is 1. The molecule has 6 nitrogen and oxygen atoms in total. The first kappa shape index (κ1) is 21.9. The molecule has 2 N–H and O–H groups in total. The highest BCUT2D eigenvalue weighted by molar-refractivity contribution is 5.95. The Bertz CT molecular complexity index is 1150. The number of aliphatic hydroxyl groups is 1. The molecule has 0 spiro atoms. The van der Waals surface area contributed by atoms with Gasteiger partial charge in [-0.15, -0.1) is 0 Å². The van der Waals surface area contributed by atoms with Crippen LogP contribution in [0.5, 0.6) is 0 Å². The highest BCUT2D eigenvalue weighted by atomic mass is 19.2. The fourth-order valence-corrected chi connectivity index (χ4v) is 4.02. The van der Waals surface area contributed by atoms with E-state index in [0.29, 0.717) is 42.0 Å². The molecule has 32 heavy (non-hydrogen) atoms. The molecule has 1 amide bonds. The molecule has 1 aliphatic rings. The number of halogens is 3. The minimum atomic E-state index is -0.923. The first-order valence-corrected chi connectivity index (χ1v) is 10.3. The van der Waals surface area contributed by atoms with Crippen molar-refractivity contribution >= 4 is 11.6 Å². The second-order valence-corrected chi connectivity index (χ2v) is 7.89. The Morgan fingerprint density at radius 2 is 1.97 bits per heavy atom. The van der Waals surface area contributed by atoms with Crippen LogP contribution in [-0.4, -0.2) is 39.9 Å². The van der Waals surface area contributed by atoms with Gasteiger partial charge in [0.15, 0.2) is 11.6 Å². The van der Waals surface area contributed by atoms with E-state index in [4.69, 9.17) is 0 Å². The number of aryl methyl sites for hydroxylation is 1. The standard InChI is InChI=1S/C23H23F3N4O2/c1-29-11-15(13-31)22(28-29)14-4-6-18(20(25)9-14)23(32)27-16-3-2-8-30(12-16)17-5-7-19(24)21(26)10-17/h4-7,9-11,16,31H,2-3,8,12-13H2,1H3,(H,27,32). The van der Waals surface area contributed by atoms with Crippen LogP contribution in [0.25, 0.3) is 11.3 Å². The average molecular weight is 444 g/mol. The molecule has 2 heterocycles. The lowest BCUT2D eigenvalue weighted by molar-refractivity contribution is 0.0929. The van der Waals surface area contributed by atoms with Gasteiger partial charge in [-0.05, 0) is 37.1 Å². The minimum Gasteiger partial charge on any atom is -0.392 e. The topological polar surface area (TPSA) is 70.4 Å². The molecule has 1 unspecified atom stereocenters. The number of hydrogen-bond acceptors (Lipinski definition) is 4. The number of amides is 1. The highest BCUT2D eigenvalue weighted by Crippen LogP contribution is 2.25. The van der Waals surface area contributed by atoms with Gasteiger partial charge in [0.1, 0.15) is 5.82 Å². The van der Waals surface area contributed by atoms with Crippen molar-refractivity contribution in [2.45, 2.75) is 25.5 Å². The van der Waals surface area contributed by atoms with Crippen LogP contribution in [0.1, 0.15) is 28.8 Å². The van der Waals surface area contributed by atoms with Crippen molar-refractivity contribution in [1.29, 1.82) is 0 Å². The molecule has 4 rings (SSSR count). The van der Waals surface area contributed by atoms with Crippen molar-refractivity contribution in [2.75, 3.05) is 18.0 Å². The van der Waals surface area contributed by atoms with E-state index in [0.717, 1.165) is 18.6 Å². The smallest absolute Gasteiger partial charge is 0.254 e. The first-order chi connectivity index (χ1) is 15.4. The summed E-state index contributed by atoms with van der Waals surface area (Å²) in [5, 5.41) is 16.5. The largest absolute Gasteiger partial charge is 0.392 e. The van der Waals surface area contributed by atoms with Crippen molar-refractivity contribution in [3.63, 3.8) is 0 Å². The number of aliphatic hydroxyl groups excluding tert-OH is 1. The van der Waals surface area contributed by atoms with Gasteiger partial charge in [0, 0.05) is 55.3 Å². The maximum absolute atomic E-state index is 14.8. The average Bonchev–Trinajstić information content (AvgIpc) is 3.16. The van der Waals surface area contributed by atoms with Crippen LogP contribution < -0.4 is 10.2 Å². The molecule has 168 valence electrons. The Labute approximate surface area is 183 Å². The number of hydrogen-bond donors (Lipinski definition) is 2. The second-order valence-electron chi connectivity index (χ2n) is 7.89. The van der Waals surface area contributed by atoms with Gasteiger partial charge in [0.05, 0.1) is 17.9 Å². The quantitative estimate of drug-likeness (QED) is 0.633. The monoisotopic (exact) mass is 444 g/mol. The predicted molar refractivity (Wildman–Crippen MR) is 114 cm³/mol. The number of rotatable bonds is 5. The lowest BCUT2D eigenvalue weighted by Gasteiger charge is -2.34. The van der Waals surface area contributed by atoms with E-state index in [1.165, 1.54) is 22.9 Å². The number of benzene rings is 2. The van der Waals surface area contributed by atoms with Crippen LogP contribution in [0.15, 0.2) is 42.6 Å². The van der Waals surface area contributed by atoms with Crippen molar-refractivity contribution in [3.05, 3.63) is 71.2 Å². The first-order valence-electron chi connectivity index (χ1n) is 10.3. The zero-order valence-corrected chi connectivity index (χ0v) is 17.5. The second kappa shape index (κ2) is 9.04. The Morgan fingerprint density at radius 3 is 2.69 bits per heavy atom. The van der Waals surface area contributed by atoms with E-state index in [1.54, 1.807) is 19.3 Å². The summed E-state index contributed by atoms with van der Waals surface area (Å²) in [5.41, 5.74) is 1.92. The number of aromatic nitrogens is 2. The van der Waals surface area contributed by atoms with Crippen molar-refractivity contribution in [1.82, 2.24) is 15.1 Å². The molecule has 1 fully saturated rings. The van der Waals surface area contributed by atoms with E-state index in [9.17, 15) is 23.1 Å². The summed E-state index contributed by atoms with van der Waals surface area (Å²) < 4.78 is 43.1. The summed E-state index contributed by atoms with van der Waals surface area (Å²) in [6.07, 6.45) is 3.09. The maximum atomic E-state index is 14.8. The number of nitrogens with zero attached hydrogens (tertiary/aromatic N) is 3. The van der Waals surface area contributed by atoms with E-state index < -0.39 is 23.4 Å². The summed E-state index contributed by atoms with van der Waals surface area (Å²) in [6, 6.07) is 7.66. The van der Waals surface area contributed by atoms with Gasteiger partial charge in [0.2, 0.25) is 0 Å². The van der Waals surface area contributed by atoms with Gasteiger partial charge in [-0.25, -0.2) is 13.2 Å². The Morgan fingerprint density at radius 1 is 1.16 bits per heavy atom. The van der Waals surface area contributed by atoms with Crippen LogP contribution in [0.2, 0.25) is 0 Å². The third-order valence-electron chi connectivity index (χ3n) is 5.59. The normalized spacial score (nSPS) is 16.3. The predicted octanol–water partition coefficient (Wildman–Crippen LogP) is 3.40. The molecule has 9 heteroatoms. The van der Waals surface area contributed by atoms with Gasteiger partial charge in [-0.1, -0.05) is 6.07 Å². The minimum absolute atomic E-state index is 0.0971. The number of carbonyl (C=O) groups excluding carboxylic acids is 1. The zero-order valence-electron chi connectivity index (χ0n) is 17.5. The fourth-order valence-electron chi connectivity index (χ4n) is 4.02. The molecule has 2 aromatic carbocycles. The summed E-state index contributed by atoms with van der Waals surface area (Å²) in [7, 11) is 1.70. The summed E-state index contributed by atoms with van der Waals surface area (Å²) in [6.45, 7) is 0.825. The van der Waals surface area contributed by atoms with E-state index >= 15 is 0 Å². The molecule has 0 radical (unpaired) electrons. The van der Waals surface area contributed by atoms with Crippen LogP contribution in [0.3, 0.4) is 0 Å². The summed E-state index contributed by atoms with van der Waals surface area (Å²) in [5.74, 6) is -3.07. The lowest BCUT2D eigenvalue weighted by atomic mass is 10.0. The zero-order chi connectivity index (χ0) is 22.8. The molecular weight excluding hydrogens is 421 g/mol. The van der Waals surface area contributed by atoms with E-state index in [2.05, 4.69) is 10.4 Å². The summed E-state index contributed by atoms with van der Waals surface area (Å²) >= 11 is 0. The molecule has 1 aromatic heterocycles. The van der Waals surface area contributed by atoms with Crippen LogP contribution in [0.4, 0.5) is 18.9 Å². The van der Waals surface area contributed by atoms with Crippen LogP contribution in [-0.2, 0) is 13.7 Å². The molecule has 3 aromatic rings. The van der Waals surface area contributed by atoms with Gasteiger partial charge in [-0.2, -0.15) is 5.10 Å². The number of nitrogens with one attached hydrogen (secondary N) is 1. The Hall–Kier alpha value is -3.33. The third-order valence-corrected chi connectivity index (χ3v) is 5.59. The third kappa shape index (κ3) is 4.47. The highest BCUT2D eigenvalue weighted by Gasteiger charge is 2.24. The number of carbonyl (C=O) groups is 1. The van der Waals surface area contributed by atoms with Gasteiger partial charge >= 0.3 is 0 Å². The molecule has 1 atom stereocenters. The molecule has 0 aliphatic carbocycles. The van der Waals surface area contributed by atoms with Crippen molar-refractivity contribution < 1.29 is 23.1 Å². The number of anilines is 1. The van der Waals surface area contributed by atoms with Crippen molar-refractivity contribution in [2.24, 2.45) is 7.05 Å². The van der Waals surface area contributed by atoms with Crippen LogP contribution in [0, 0.1) is 17.5 Å². The Balaban J connectivity index is 1.47. The van der Waals surface area contributed by atoms with E-state index in [-0.39, 0.29) is 18.2 Å². The molecule has 1 aliphatic heterocycles. The summed E-state index contributed by atoms with van der Waals surface area (Å²) in [4.78, 5) is 14.6. The molecular formula is C23H23F3N4O2. The Kier molecular flexibility index (Phi) is 6.18. The van der Waals surface area contributed by atoms with Crippen LogP contribution >= 0.6 is 0 Å². The molecule has 0 bridgehead atoms. The van der Waals surface area contributed by atoms with Gasteiger partial charge < -0.3 is 15.3 Å². The molecule has 0 saturated carbocycles. The van der Waals surface area contributed by atoms with E-state index in [1.807, 2.05) is 4.90 Å². The van der Waals surface area contributed by atoms with Crippen molar-refractivity contribution in [3.8, 4) is 11.3 Å². The van der Waals surface area contributed by atoms with Gasteiger partial charge in [0.25, 0.3) is 5.91 Å². The maximum Gasteiger partial charge on any atom is 0.254 e.